The quantitative estimate of drug-likeness (QED) is 0.886. The molecule has 0 saturated heterocycles. The highest BCUT2D eigenvalue weighted by atomic mass is 16.5. The van der Waals surface area contributed by atoms with Crippen LogP contribution in [-0.4, -0.2) is 14.2 Å². The van der Waals surface area contributed by atoms with Gasteiger partial charge in [0.15, 0.2) is 0 Å². The molecule has 2 nitrogen and oxygen atoms in total. The summed E-state index contributed by atoms with van der Waals surface area (Å²) in [6, 6.07) is 17.0. The molecule has 18 heavy (non-hydrogen) atoms. The lowest BCUT2D eigenvalue weighted by Crippen LogP contribution is -2.17. The largest absolute Gasteiger partial charge is 0.497 e. The molecule has 0 aliphatic carbocycles. The third kappa shape index (κ3) is 2.71. The molecule has 0 heterocycles. The molecule has 0 bridgehead atoms. The Labute approximate surface area is 109 Å². The van der Waals surface area contributed by atoms with Gasteiger partial charge in [-0.25, -0.2) is 0 Å². The number of ether oxygens (including phenoxy) is 1. The summed E-state index contributed by atoms with van der Waals surface area (Å²) in [6.07, 6.45) is 0. The SMILES string of the molecule is CNC(c1ccc(C)cc1)c1ccc(OC)cc1. The van der Waals surface area contributed by atoms with Gasteiger partial charge in [0.2, 0.25) is 0 Å². The fourth-order valence-electron chi connectivity index (χ4n) is 2.08. The van der Waals surface area contributed by atoms with Gasteiger partial charge in [-0.15, -0.1) is 0 Å². The highest BCUT2D eigenvalue weighted by molar-refractivity contribution is 5.36. The number of rotatable bonds is 4. The van der Waals surface area contributed by atoms with Crippen LogP contribution in [0.2, 0.25) is 0 Å². The summed E-state index contributed by atoms with van der Waals surface area (Å²) in [6.45, 7) is 2.10. The molecular formula is C16H19NO. The van der Waals surface area contributed by atoms with E-state index >= 15 is 0 Å². The average molecular weight is 241 g/mol. The van der Waals surface area contributed by atoms with E-state index < -0.39 is 0 Å². The van der Waals surface area contributed by atoms with Crippen molar-refractivity contribution in [3.05, 3.63) is 65.2 Å². The zero-order valence-corrected chi connectivity index (χ0v) is 11.1. The van der Waals surface area contributed by atoms with Crippen LogP contribution in [0.15, 0.2) is 48.5 Å². The molecule has 0 aromatic heterocycles. The first-order chi connectivity index (χ1) is 8.74. The Morgan fingerprint density at radius 2 is 1.39 bits per heavy atom. The van der Waals surface area contributed by atoms with Crippen molar-refractivity contribution in [3.63, 3.8) is 0 Å². The Morgan fingerprint density at radius 1 is 0.889 bits per heavy atom. The molecule has 0 spiro atoms. The molecule has 0 aliphatic rings. The van der Waals surface area contributed by atoms with E-state index in [2.05, 4.69) is 48.6 Å². The molecule has 0 amide bonds. The van der Waals surface area contributed by atoms with Crippen LogP contribution in [0.25, 0.3) is 0 Å². The lowest BCUT2D eigenvalue weighted by atomic mass is 9.98. The number of nitrogens with one attached hydrogen (secondary N) is 1. The predicted octanol–water partition coefficient (Wildman–Crippen LogP) is 3.31. The van der Waals surface area contributed by atoms with E-state index in [9.17, 15) is 0 Å². The smallest absolute Gasteiger partial charge is 0.118 e. The fraction of sp³-hybridized carbons (Fsp3) is 0.250. The molecule has 2 aromatic carbocycles. The maximum absolute atomic E-state index is 5.18. The van der Waals surface area contributed by atoms with Gasteiger partial charge >= 0.3 is 0 Å². The Balaban J connectivity index is 2.29. The summed E-state index contributed by atoms with van der Waals surface area (Å²) in [7, 11) is 3.67. The Hall–Kier alpha value is -1.80. The molecule has 1 unspecified atom stereocenters. The Kier molecular flexibility index (Phi) is 4.00. The molecule has 94 valence electrons. The van der Waals surface area contributed by atoms with Crippen LogP contribution in [0, 0.1) is 6.92 Å². The van der Waals surface area contributed by atoms with Crippen LogP contribution in [0.1, 0.15) is 22.7 Å². The molecule has 0 aliphatic heterocycles. The summed E-state index contributed by atoms with van der Waals surface area (Å²) in [5.74, 6) is 0.887. The van der Waals surface area contributed by atoms with E-state index in [0.29, 0.717) is 0 Å². The van der Waals surface area contributed by atoms with E-state index in [4.69, 9.17) is 4.74 Å². The van der Waals surface area contributed by atoms with Gasteiger partial charge in [-0.05, 0) is 37.2 Å². The van der Waals surface area contributed by atoms with Crippen LogP contribution in [-0.2, 0) is 0 Å². The third-order valence-electron chi connectivity index (χ3n) is 3.15. The normalized spacial score (nSPS) is 12.2. The van der Waals surface area contributed by atoms with Crippen molar-refractivity contribution in [3.8, 4) is 5.75 Å². The van der Waals surface area contributed by atoms with E-state index in [1.54, 1.807) is 7.11 Å². The predicted molar refractivity (Wildman–Crippen MR) is 75.1 cm³/mol. The number of methoxy groups -OCH3 is 1. The van der Waals surface area contributed by atoms with E-state index in [0.717, 1.165) is 5.75 Å². The van der Waals surface area contributed by atoms with Crippen LogP contribution >= 0.6 is 0 Å². The van der Waals surface area contributed by atoms with Crippen molar-refractivity contribution in [2.75, 3.05) is 14.2 Å². The second-order valence-electron chi connectivity index (χ2n) is 4.41. The minimum Gasteiger partial charge on any atom is -0.497 e. The highest BCUT2D eigenvalue weighted by Gasteiger charge is 2.11. The fourth-order valence-corrected chi connectivity index (χ4v) is 2.08. The second-order valence-corrected chi connectivity index (χ2v) is 4.41. The molecule has 2 heteroatoms. The molecule has 1 N–H and O–H groups in total. The van der Waals surface area contributed by atoms with E-state index in [1.807, 2.05) is 19.2 Å². The lowest BCUT2D eigenvalue weighted by Gasteiger charge is -2.17. The van der Waals surface area contributed by atoms with Crippen molar-refractivity contribution in [2.45, 2.75) is 13.0 Å². The van der Waals surface area contributed by atoms with Crippen molar-refractivity contribution >= 4 is 0 Å². The molecule has 2 aromatic rings. The molecule has 0 radical (unpaired) electrons. The van der Waals surface area contributed by atoms with Gasteiger partial charge in [0, 0.05) is 0 Å². The third-order valence-corrected chi connectivity index (χ3v) is 3.15. The summed E-state index contributed by atoms with van der Waals surface area (Å²) in [5, 5.41) is 3.35. The standard InChI is InChI=1S/C16H19NO/c1-12-4-6-13(7-5-12)16(17-2)14-8-10-15(18-3)11-9-14/h4-11,16-17H,1-3H3. The molecule has 1 atom stereocenters. The minimum atomic E-state index is 0.219. The van der Waals surface area contributed by atoms with Gasteiger partial charge in [-0.3, -0.25) is 0 Å². The summed E-state index contributed by atoms with van der Waals surface area (Å²) < 4.78 is 5.18. The zero-order valence-electron chi connectivity index (χ0n) is 11.1. The maximum atomic E-state index is 5.18. The van der Waals surface area contributed by atoms with E-state index in [1.165, 1.54) is 16.7 Å². The number of hydrogen-bond acceptors (Lipinski definition) is 2. The monoisotopic (exact) mass is 241 g/mol. The van der Waals surface area contributed by atoms with Gasteiger partial charge < -0.3 is 10.1 Å². The average Bonchev–Trinajstić information content (AvgIpc) is 2.42. The first kappa shape index (κ1) is 12.7. The summed E-state index contributed by atoms with van der Waals surface area (Å²) in [5.41, 5.74) is 3.79. The van der Waals surface area contributed by atoms with Crippen molar-refractivity contribution in [2.24, 2.45) is 0 Å². The van der Waals surface area contributed by atoms with Gasteiger partial charge in [-0.2, -0.15) is 0 Å². The number of aryl methyl sites for hydroxylation is 1. The van der Waals surface area contributed by atoms with Crippen LogP contribution in [0.5, 0.6) is 5.75 Å². The number of hydrogen-bond donors (Lipinski definition) is 1. The molecule has 0 fully saturated rings. The van der Waals surface area contributed by atoms with Crippen molar-refractivity contribution in [1.29, 1.82) is 0 Å². The number of benzene rings is 2. The van der Waals surface area contributed by atoms with Crippen molar-refractivity contribution < 1.29 is 4.74 Å². The minimum absolute atomic E-state index is 0.219. The van der Waals surface area contributed by atoms with Crippen LogP contribution in [0.4, 0.5) is 0 Å². The maximum Gasteiger partial charge on any atom is 0.118 e. The van der Waals surface area contributed by atoms with Gasteiger partial charge in [0.05, 0.1) is 13.2 Å². The molecule has 0 saturated carbocycles. The first-order valence-electron chi connectivity index (χ1n) is 6.12. The van der Waals surface area contributed by atoms with E-state index in [-0.39, 0.29) is 6.04 Å². The molecular weight excluding hydrogens is 222 g/mol. The molecule has 2 rings (SSSR count). The van der Waals surface area contributed by atoms with Gasteiger partial charge in [0.1, 0.15) is 5.75 Å². The van der Waals surface area contributed by atoms with Crippen LogP contribution in [0.3, 0.4) is 0 Å². The topological polar surface area (TPSA) is 21.3 Å². The second kappa shape index (κ2) is 5.69. The Bertz CT molecular complexity index is 488. The lowest BCUT2D eigenvalue weighted by molar-refractivity contribution is 0.414. The van der Waals surface area contributed by atoms with Crippen LogP contribution < -0.4 is 10.1 Å². The summed E-state index contributed by atoms with van der Waals surface area (Å²) >= 11 is 0. The zero-order chi connectivity index (χ0) is 13.0. The first-order valence-corrected chi connectivity index (χ1v) is 6.12. The van der Waals surface area contributed by atoms with Gasteiger partial charge in [0.25, 0.3) is 0 Å². The highest BCUT2D eigenvalue weighted by Crippen LogP contribution is 2.23. The van der Waals surface area contributed by atoms with Gasteiger partial charge in [-0.1, -0.05) is 42.0 Å². The Morgan fingerprint density at radius 3 is 1.83 bits per heavy atom. The summed E-state index contributed by atoms with van der Waals surface area (Å²) in [4.78, 5) is 0. The van der Waals surface area contributed by atoms with Crippen molar-refractivity contribution in [1.82, 2.24) is 5.32 Å².